The van der Waals surface area contributed by atoms with Crippen molar-refractivity contribution in [2.75, 3.05) is 39.0 Å². The molecule has 7 nitrogen and oxygen atoms in total. The van der Waals surface area contributed by atoms with Gasteiger partial charge >= 0.3 is 0 Å². The number of rotatable bonds is 2. The van der Waals surface area contributed by atoms with Gasteiger partial charge in [-0.2, -0.15) is 0 Å². The Morgan fingerprint density at radius 1 is 1.14 bits per heavy atom. The monoisotopic (exact) mass is 300 g/mol. The van der Waals surface area contributed by atoms with Crippen molar-refractivity contribution < 1.29 is 4.79 Å². The fourth-order valence-corrected chi connectivity index (χ4v) is 2.49. The van der Waals surface area contributed by atoms with Gasteiger partial charge in [0.05, 0.1) is 5.69 Å². The molecular formula is C15H20N6O. The van der Waals surface area contributed by atoms with Gasteiger partial charge in [-0.15, -0.1) is 5.10 Å². The molecule has 1 amide bonds. The first-order valence-electron chi connectivity index (χ1n) is 7.32. The van der Waals surface area contributed by atoms with Crippen molar-refractivity contribution in [3.05, 3.63) is 35.9 Å². The van der Waals surface area contributed by atoms with Crippen LogP contribution in [0.2, 0.25) is 0 Å². The smallest absolute Gasteiger partial charge is 0.293 e. The molecule has 1 fully saturated rings. The van der Waals surface area contributed by atoms with E-state index in [1.54, 1.807) is 16.8 Å². The Balaban J connectivity index is 1.82. The molecule has 3 rings (SSSR count). The van der Waals surface area contributed by atoms with Crippen LogP contribution >= 0.6 is 0 Å². The summed E-state index contributed by atoms with van der Waals surface area (Å²) in [6, 6.07) is 7.33. The van der Waals surface area contributed by atoms with Gasteiger partial charge in [0.15, 0.2) is 0 Å². The van der Waals surface area contributed by atoms with Gasteiger partial charge in [0.1, 0.15) is 5.82 Å². The maximum Gasteiger partial charge on any atom is 0.293 e. The molecule has 116 valence electrons. The van der Waals surface area contributed by atoms with Crippen LogP contribution in [-0.4, -0.2) is 63.7 Å². The van der Waals surface area contributed by atoms with Gasteiger partial charge in [-0.25, -0.2) is 9.67 Å². The number of aromatic nitrogens is 3. The van der Waals surface area contributed by atoms with Gasteiger partial charge in [-0.05, 0) is 38.2 Å². The number of carbonyl (C=O) groups excluding carboxylic acids is 1. The fourth-order valence-electron chi connectivity index (χ4n) is 2.49. The number of carbonyl (C=O) groups is 1. The number of nitrogens with zero attached hydrogens (tertiary/aromatic N) is 5. The van der Waals surface area contributed by atoms with Crippen LogP contribution in [-0.2, 0) is 0 Å². The summed E-state index contributed by atoms with van der Waals surface area (Å²) < 4.78 is 1.67. The second-order valence-electron chi connectivity index (χ2n) is 5.58. The Labute approximate surface area is 129 Å². The first-order chi connectivity index (χ1) is 10.5. The standard InChI is InChI=1S/C15H20N6O/c1-11-17-14(15(22)20-9-7-19(2)8-10-20)18-21(11)13-5-3-12(16)4-6-13/h3-6H,7-10,16H2,1-2H3. The molecule has 0 saturated carbocycles. The minimum absolute atomic E-state index is 0.106. The van der Waals surface area contributed by atoms with Gasteiger partial charge < -0.3 is 15.5 Å². The average Bonchev–Trinajstić information content (AvgIpc) is 2.90. The van der Waals surface area contributed by atoms with Crippen molar-refractivity contribution >= 4 is 11.6 Å². The zero-order valence-corrected chi connectivity index (χ0v) is 12.9. The zero-order chi connectivity index (χ0) is 15.7. The predicted molar refractivity (Wildman–Crippen MR) is 83.9 cm³/mol. The second-order valence-corrected chi connectivity index (χ2v) is 5.58. The normalized spacial score (nSPS) is 16.0. The van der Waals surface area contributed by atoms with Crippen LogP contribution in [0.3, 0.4) is 0 Å². The lowest BCUT2D eigenvalue weighted by molar-refractivity contribution is 0.0652. The van der Waals surface area contributed by atoms with Crippen molar-refractivity contribution in [2.24, 2.45) is 0 Å². The number of hydrogen-bond acceptors (Lipinski definition) is 5. The van der Waals surface area contributed by atoms with Gasteiger partial charge in [-0.3, -0.25) is 4.79 Å². The number of nitrogens with two attached hydrogens (primary N) is 1. The molecule has 2 N–H and O–H groups in total. The molecule has 22 heavy (non-hydrogen) atoms. The molecule has 1 saturated heterocycles. The number of aryl methyl sites for hydroxylation is 1. The van der Waals surface area contributed by atoms with Crippen molar-refractivity contribution in [1.82, 2.24) is 24.6 Å². The van der Waals surface area contributed by atoms with E-state index in [0.29, 0.717) is 24.6 Å². The SMILES string of the molecule is Cc1nc(C(=O)N2CCN(C)CC2)nn1-c1ccc(N)cc1. The van der Waals surface area contributed by atoms with Crippen LogP contribution < -0.4 is 5.73 Å². The van der Waals surface area contributed by atoms with Crippen molar-refractivity contribution in [1.29, 1.82) is 0 Å². The first-order valence-corrected chi connectivity index (χ1v) is 7.32. The topological polar surface area (TPSA) is 80.3 Å². The number of amides is 1. The van der Waals surface area contributed by atoms with Gasteiger partial charge in [0.25, 0.3) is 5.91 Å². The van der Waals surface area contributed by atoms with Crippen LogP contribution in [0.4, 0.5) is 5.69 Å². The molecule has 2 heterocycles. The molecule has 1 aliphatic heterocycles. The summed E-state index contributed by atoms with van der Waals surface area (Å²) in [5.41, 5.74) is 7.23. The Morgan fingerprint density at radius 2 is 1.77 bits per heavy atom. The number of piperazine rings is 1. The Morgan fingerprint density at radius 3 is 2.41 bits per heavy atom. The Kier molecular flexibility index (Phi) is 3.81. The van der Waals surface area contributed by atoms with E-state index in [9.17, 15) is 4.79 Å². The summed E-state index contributed by atoms with van der Waals surface area (Å²) in [4.78, 5) is 20.8. The van der Waals surface area contributed by atoms with E-state index in [1.807, 2.05) is 24.0 Å². The lowest BCUT2D eigenvalue weighted by atomic mass is 10.3. The quantitative estimate of drug-likeness (QED) is 0.819. The summed E-state index contributed by atoms with van der Waals surface area (Å²) in [6.07, 6.45) is 0. The molecule has 0 aliphatic carbocycles. The number of likely N-dealkylation sites (N-methyl/N-ethyl adjacent to an activating group) is 1. The Hall–Kier alpha value is -2.41. The molecule has 1 aromatic carbocycles. The molecule has 0 unspecified atom stereocenters. The molecule has 7 heteroatoms. The van der Waals surface area contributed by atoms with Crippen molar-refractivity contribution in [2.45, 2.75) is 6.92 Å². The van der Waals surface area contributed by atoms with Crippen molar-refractivity contribution in [3.8, 4) is 5.69 Å². The molecule has 0 radical (unpaired) electrons. The van der Waals surface area contributed by atoms with Crippen LogP contribution in [0.25, 0.3) is 5.69 Å². The highest BCUT2D eigenvalue weighted by Gasteiger charge is 2.24. The van der Waals surface area contributed by atoms with Gasteiger partial charge in [0.2, 0.25) is 5.82 Å². The molecule has 0 atom stereocenters. The van der Waals surface area contributed by atoms with E-state index in [1.165, 1.54) is 0 Å². The highest BCUT2D eigenvalue weighted by Crippen LogP contribution is 2.13. The zero-order valence-electron chi connectivity index (χ0n) is 12.9. The largest absolute Gasteiger partial charge is 0.399 e. The minimum atomic E-state index is -0.106. The third-order valence-electron chi connectivity index (χ3n) is 3.89. The van der Waals surface area contributed by atoms with E-state index in [0.717, 1.165) is 18.8 Å². The lowest BCUT2D eigenvalue weighted by Gasteiger charge is -2.31. The summed E-state index contributed by atoms with van der Waals surface area (Å²) >= 11 is 0. The highest BCUT2D eigenvalue weighted by molar-refractivity contribution is 5.90. The lowest BCUT2D eigenvalue weighted by Crippen LogP contribution is -2.47. The number of anilines is 1. The summed E-state index contributed by atoms with van der Waals surface area (Å²) in [6.45, 7) is 5.02. The third-order valence-corrected chi connectivity index (χ3v) is 3.89. The second kappa shape index (κ2) is 5.76. The molecule has 1 aliphatic rings. The summed E-state index contributed by atoms with van der Waals surface area (Å²) in [5.74, 6) is 0.825. The third kappa shape index (κ3) is 2.80. The average molecular weight is 300 g/mol. The van der Waals surface area contributed by atoms with E-state index in [4.69, 9.17) is 5.73 Å². The number of benzene rings is 1. The van der Waals surface area contributed by atoms with Crippen LogP contribution in [0.15, 0.2) is 24.3 Å². The molecule has 0 bridgehead atoms. The molecule has 1 aromatic heterocycles. The Bertz CT molecular complexity index is 670. The fraction of sp³-hybridized carbons (Fsp3) is 0.400. The molecule has 0 spiro atoms. The van der Waals surface area contributed by atoms with Crippen LogP contribution in [0.1, 0.15) is 16.4 Å². The van der Waals surface area contributed by atoms with Crippen molar-refractivity contribution in [3.63, 3.8) is 0 Å². The van der Waals surface area contributed by atoms with E-state index in [-0.39, 0.29) is 11.7 Å². The van der Waals surface area contributed by atoms with Crippen LogP contribution in [0, 0.1) is 6.92 Å². The molecule has 2 aromatic rings. The van der Waals surface area contributed by atoms with Gasteiger partial charge in [0, 0.05) is 31.9 Å². The van der Waals surface area contributed by atoms with E-state index >= 15 is 0 Å². The maximum atomic E-state index is 12.5. The highest BCUT2D eigenvalue weighted by atomic mass is 16.2. The van der Waals surface area contributed by atoms with Crippen LogP contribution in [0.5, 0.6) is 0 Å². The minimum Gasteiger partial charge on any atom is -0.399 e. The summed E-state index contributed by atoms with van der Waals surface area (Å²) in [7, 11) is 2.06. The predicted octanol–water partition coefficient (Wildman–Crippen LogP) is 0.546. The van der Waals surface area contributed by atoms with Gasteiger partial charge in [-0.1, -0.05) is 0 Å². The van der Waals surface area contributed by atoms with E-state index < -0.39 is 0 Å². The summed E-state index contributed by atoms with van der Waals surface area (Å²) in [5, 5.41) is 4.36. The van der Waals surface area contributed by atoms with E-state index in [2.05, 4.69) is 22.0 Å². The number of nitrogen functional groups attached to an aromatic ring is 1. The molecular weight excluding hydrogens is 280 g/mol. The first kappa shape index (κ1) is 14.5. The number of hydrogen-bond donors (Lipinski definition) is 1. The maximum absolute atomic E-state index is 12.5.